The fraction of sp³-hybridized carbons (Fsp3) is 0.357. The van der Waals surface area contributed by atoms with Crippen LogP contribution >= 0.6 is 0 Å². The summed E-state index contributed by atoms with van der Waals surface area (Å²) in [7, 11) is 0. The van der Waals surface area contributed by atoms with Gasteiger partial charge in [-0.1, -0.05) is 12.5 Å². The number of fused-ring (bicyclic) bond motifs is 1. The van der Waals surface area contributed by atoms with Crippen LogP contribution in [0.5, 0.6) is 0 Å². The van der Waals surface area contributed by atoms with E-state index in [4.69, 9.17) is 5.11 Å². The molecule has 20 heavy (non-hydrogen) atoms. The van der Waals surface area contributed by atoms with Crippen molar-refractivity contribution in [2.24, 2.45) is 5.92 Å². The molecule has 0 bridgehead atoms. The molecule has 2 N–H and O–H groups in total. The minimum absolute atomic E-state index is 0.00181. The summed E-state index contributed by atoms with van der Waals surface area (Å²) in [6.45, 7) is 0.475. The van der Waals surface area contributed by atoms with E-state index in [1.54, 1.807) is 12.1 Å². The molecule has 1 fully saturated rings. The number of H-pyrrole nitrogens is 1. The first-order chi connectivity index (χ1) is 9.58. The van der Waals surface area contributed by atoms with E-state index in [2.05, 4.69) is 4.98 Å². The maximum Gasteiger partial charge on any atom is 0.337 e. The summed E-state index contributed by atoms with van der Waals surface area (Å²) in [6.07, 6.45) is 3.22. The molecule has 0 radical (unpaired) electrons. The third-order valence-electron chi connectivity index (χ3n) is 3.91. The van der Waals surface area contributed by atoms with Crippen molar-refractivity contribution in [2.45, 2.75) is 25.8 Å². The first-order valence-corrected chi connectivity index (χ1v) is 6.57. The Morgan fingerprint density at radius 2 is 2.10 bits per heavy atom. The Morgan fingerprint density at radius 3 is 2.70 bits per heavy atom. The standard InChI is InChI=1S/C14H14N2O4/c17-12-13(18)16(7-8-3-1-4-8)10-6-2-5-9(14(19)20)11(10)15-12/h2,5-6,8H,1,3-4,7H2,(H,15,17)(H,19,20). The Hall–Kier alpha value is -2.37. The number of nitrogens with one attached hydrogen (secondary N) is 1. The molecular formula is C14H14N2O4. The number of para-hydroxylation sites is 1. The lowest BCUT2D eigenvalue weighted by Gasteiger charge is -2.26. The number of aromatic carboxylic acids is 1. The summed E-state index contributed by atoms with van der Waals surface area (Å²) in [5.74, 6) is -0.730. The highest BCUT2D eigenvalue weighted by Crippen LogP contribution is 2.28. The Bertz CT molecular complexity index is 799. The summed E-state index contributed by atoms with van der Waals surface area (Å²) >= 11 is 0. The third kappa shape index (κ3) is 1.93. The number of rotatable bonds is 3. The molecule has 1 aliphatic carbocycles. The van der Waals surface area contributed by atoms with Gasteiger partial charge >= 0.3 is 17.1 Å². The van der Waals surface area contributed by atoms with Crippen LogP contribution < -0.4 is 11.1 Å². The van der Waals surface area contributed by atoms with Crippen LogP contribution in [-0.4, -0.2) is 20.6 Å². The Labute approximate surface area is 113 Å². The number of hydrogen-bond acceptors (Lipinski definition) is 3. The van der Waals surface area contributed by atoms with Gasteiger partial charge in [-0.15, -0.1) is 0 Å². The number of carboxylic acids is 1. The lowest BCUT2D eigenvalue weighted by atomic mass is 9.85. The molecule has 0 atom stereocenters. The van der Waals surface area contributed by atoms with Crippen LogP contribution in [0.2, 0.25) is 0 Å². The van der Waals surface area contributed by atoms with Gasteiger partial charge in [0.1, 0.15) is 0 Å². The predicted octanol–water partition coefficient (Wildman–Crippen LogP) is 1.19. The maximum absolute atomic E-state index is 12.0. The van der Waals surface area contributed by atoms with Crippen LogP contribution in [-0.2, 0) is 6.54 Å². The second-order valence-corrected chi connectivity index (χ2v) is 5.17. The number of hydrogen-bond donors (Lipinski definition) is 2. The highest BCUT2D eigenvalue weighted by atomic mass is 16.4. The molecule has 1 heterocycles. The third-order valence-corrected chi connectivity index (χ3v) is 3.91. The topological polar surface area (TPSA) is 92.2 Å². The van der Waals surface area contributed by atoms with E-state index in [-0.39, 0.29) is 11.1 Å². The summed E-state index contributed by atoms with van der Waals surface area (Å²) in [5, 5.41) is 9.16. The molecule has 1 saturated carbocycles. The molecule has 0 saturated heterocycles. The van der Waals surface area contributed by atoms with Gasteiger partial charge < -0.3 is 14.7 Å². The van der Waals surface area contributed by atoms with Gasteiger partial charge in [0.25, 0.3) is 0 Å². The van der Waals surface area contributed by atoms with Crippen LogP contribution in [0.4, 0.5) is 0 Å². The average Bonchev–Trinajstić information content (AvgIpc) is 2.36. The fourth-order valence-electron chi connectivity index (χ4n) is 2.59. The first kappa shape index (κ1) is 12.7. The lowest BCUT2D eigenvalue weighted by Crippen LogP contribution is -2.38. The summed E-state index contributed by atoms with van der Waals surface area (Å²) < 4.78 is 1.41. The molecule has 1 aromatic carbocycles. The predicted molar refractivity (Wildman–Crippen MR) is 73.1 cm³/mol. The Kier molecular flexibility index (Phi) is 2.93. The van der Waals surface area contributed by atoms with E-state index in [1.807, 2.05) is 0 Å². The summed E-state index contributed by atoms with van der Waals surface area (Å²) in [4.78, 5) is 37.3. The molecule has 2 aromatic rings. The average molecular weight is 274 g/mol. The number of aromatic amines is 1. The fourth-order valence-corrected chi connectivity index (χ4v) is 2.59. The van der Waals surface area contributed by atoms with Gasteiger partial charge in [-0.2, -0.15) is 0 Å². The Morgan fingerprint density at radius 1 is 1.35 bits per heavy atom. The van der Waals surface area contributed by atoms with E-state index in [0.717, 1.165) is 19.3 Å². The quantitative estimate of drug-likeness (QED) is 0.822. The monoisotopic (exact) mass is 274 g/mol. The number of carboxylic acid groups (broad SMARTS) is 1. The van der Waals surface area contributed by atoms with Gasteiger partial charge in [-0.05, 0) is 30.9 Å². The van der Waals surface area contributed by atoms with Crippen molar-refractivity contribution in [2.75, 3.05) is 0 Å². The molecule has 1 aliphatic rings. The molecular weight excluding hydrogens is 260 g/mol. The van der Waals surface area contributed by atoms with Gasteiger partial charge in [0.2, 0.25) is 0 Å². The number of nitrogens with zero attached hydrogens (tertiary/aromatic N) is 1. The molecule has 6 heteroatoms. The smallest absolute Gasteiger partial charge is 0.337 e. The van der Waals surface area contributed by atoms with E-state index >= 15 is 0 Å². The summed E-state index contributed by atoms with van der Waals surface area (Å²) in [5.41, 5.74) is -0.704. The normalized spacial score (nSPS) is 15.2. The van der Waals surface area contributed by atoms with Crippen molar-refractivity contribution < 1.29 is 9.90 Å². The largest absolute Gasteiger partial charge is 0.478 e. The second-order valence-electron chi connectivity index (χ2n) is 5.17. The Balaban J connectivity index is 2.28. The van der Waals surface area contributed by atoms with Gasteiger partial charge in [-0.25, -0.2) is 4.79 Å². The molecule has 0 aliphatic heterocycles. The van der Waals surface area contributed by atoms with Crippen LogP contribution in [0.15, 0.2) is 27.8 Å². The highest BCUT2D eigenvalue weighted by molar-refractivity contribution is 6.00. The van der Waals surface area contributed by atoms with Crippen LogP contribution in [0.25, 0.3) is 11.0 Å². The molecule has 0 unspecified atom stereocenters. The van der Waals surface area contributed by atoms with Crippen molar-refractivity contribution in [3.8, 4) is 0 Å². The van der Waals surface area contributed by atoms with E-state index in [0.29, 0.717) is 18.0 Å². The van der Waals surface area contributed by atoms with Gasteiger partial charge in [0, 0.05) is 6.54 Å². The van der Waals surface area contributed by atoms with Crippen molar-refractivity contribution in [3.63, 3.8) is 0 Å². The molecule has 104 valence electrons. The minimum Gasteiger partial charge on any atom is -0.478 e. The SMILES string of the molecule is O=C(O)c1cccc2c1[nH]c(=O)c(=O)n2CC1CCC1. The van der Waals surface area contributed by atoms with Crippen LogP contribution in [0, 0.1) is 5.92 Å². The first-order valence-electron chi connectivity index (χ1n) is 6.57. The molecule has 0 spiro atoms. The van der Waals surface area contributed by atoms with Crippen molar-refractivity contribution in [3.05, 3.63) is 44.5 Å². The van der Waals surface area contributed by atoms with Crippen LogP contribution in [0.1, 0.15) is 29.6 Å². The second kappa shape index (κ2) is 4.63. The molecule has 3 rings (SSSR count). The van der Waals surface area contributed by atoms with Crippen molar-refractivity contribution in [1.82, 2.24) is 9.55 Å². The highest BCUT2D eigenvalue weighted by Gasteiger charge is 2.21. The number of benzene rings is 1. The van der Waals surface area contributed by atoms with Crippen molar-refractivity contribution >= 4 is 17.0 Å². The number of carbonyl (C=O) groups is 1. The minimum atomic E-state index is -1.12. The lowest BCUT2D eigenvalue weighted by molar-refractivity contribution is 0.0699. The maximum atomic E-state index is 12.0. The van der Waals surface area contributed by atoms with Gasteiger partial charge in [0.15, 0.2) is 0 Å². The van der Waals surface area contributed by atoms with E-state index < -0.39 is 17.1 Å². The zero-order valence-electron chi connectivity index (χ0n) is 10.8. The van der Waals surface area contributed by atoms with Crippen LogP contribution in [0.3, 0.4) is 0 Å². The van der Waals surface area contributed by atoms with Gasteiger partial charge in [-0.3, -0.25) is 9.59 Å². The molecule has 0 amide bonds. The number of aromatic nitrogens is 2. The van der Waals surface area contributed by atoms with E-state index in [9.17, 15) is 14.4 Å². The van der Waals surface area contributed by atoms with Crippen molar-refractivity contribution in [1.29, 1.82) is 0 Å². The zero-order chi connectivity index (χ0) is 14.3. The van der Waals surface area contributed by atoms with Gasteiger partial charge in [0.05, 0.1) is 16.6 Å². The molecule has 6 nitrogen and oxygen atoms in total. The van der Waals surface area contributed by atoms with E-state index in [1.165, 1.54) is 10.6 Å². The zero-order valence-corrected chi connectivity index (χ0v) is 10.8. The molecule has 1 aromatic heterocycles. The summed E-state index contributed by atoms with van der Waals surface area (Å²) in [6, 6.07) is 4.66.